The molecule has 0 spiro atoms. The van der Waals surface area contributed by atoms with Gasteiger partial charge in [-0.05, 0) is 36.4 Å². The van der Waals surface area contributed by atoms with E-state index in [-0.39, 0.29) is 36.5 Å². The van der Waals surface area contributed by atoms with Gasteiger partial charge in [-0.25, -0.2) is 22.8 Å². The highest BCUT2D eigenvalue weighted by atomic mass is 32.2. The number of alkyl halides is 3. The third-order valence-corrected chi connectivity index (χ3v) is 6.74. The van der Waals surface area contributed by atoms with Gasteiger partial charge in [0.2, 0.25) is 10.0 Å². The summed E-state index contributed by atoms with van der Waals surface area (Å²) in [6, 6.07) is 8.55. The fourth-order valence-corrected chi connectivity index (χ4v) is 4.82. The van der Waals surface area contributed by atoms with E-state index in [1.807, 2.05) is 0 Å². The molecule has 0 N–H and O–H groups in total. The van der Waals surface area contributed by atoms with Gasteiger partial charge < -0.3 is 9.64 Å². The molecule has 7 nitrogen and oxygen atoms in total. The van der Waals surface area contributed by atoms with E-state index >= 15 is 0 Å². The number of hydrogen-bond acceptors (Lipinski definition) is 6. The van der Waals surface area contributed by atoms with Crippen molar-refractivity contribution < 1.29 is 30.7 Å². The second-order valence-electron chi connectivity index (χ2n) is 6.74. The van der Waals surface area contributed by atoms with E-state index in [9.17, 15) is 26.0 Å². The van der Waals surface area contributed by atoms with Crippen LogP contribution in [0.4, 0.5) is 23.4 Å². The quantitative estimate of drug-likeness (QED) is 0.562. The van der Waals surface area contributed by atoms with Crippen LogP contribution in [0.5, 0.6) is 5.75 Å². The van der Waals surface area contributed by atoms with E-state index in [0.717, 1.165) is 24.3 Å². The van der Waals surface area contributed by atoms with Crippen LogP contribution >= 0.6 is 0 Å². The first-order valence-electron chi connectivity index (χ1n) is 9.15. The zero-order valence-electron chi connectivity index (χ0n) is 15.9. The highest BCUT2D eigenvalue weighted by Gasteiger charge is 2.32. The van der Waals surface area contributed by atoms with Crippen molar-refractivity contribution in [2.75, 3.05) is 31.1 Å². The van der Waals surface area contributed by atoms with Crippen LogP contribution in [0.1, 0.15) is 0 Å². The van der Waals surface area contributed by atoms with Crippen molar-refractivity contribution in [3.05, 3.63) is 54.6 Å². The van der Waals surface area contributed by atoms with Gasteiger partial charge in [0, 0.05) is 26.2 Å². The van der Waals surface area contributed by atoms with Crippen molar-refractivity contribution in [2.24, 2.45) is 0 Å². The van der Waals surface area contributed by atoms with Gasteiger partial charge in [-0.2, -0.15) is 4.31 Å². The Kier molecular flexibility index (Phi) is 5.43. The van der Waals surface area contributed by atoms with E-state index in [4.69, 9.17) is 0 Å². The van der Waals surface area contributed by atoms with Crippen LogP contribution in [0.3, 0.4) is 0 Å². The van der Waals surface area contributed by atoms with Crippen LogP contribution < -0.4 is 9.64 Å². The minimum Gasteiger partial charge on any atom is -0.406 e. The van der Waals surface area contributed by atoms with Gasteiger partial charge in [0.15, 0.2) is 0 Å². The third-order valence-electron chi connectivity index (χ3n) is 4.83. The SMILES string of the molecule is O=S(=O)(c1ccc(OC(F)(F)F)cc1)N1CCN(c2ncnc3cccc(F)c23)CC1. The van der Waals surface area contributed by atoms with Crippen molar-refractivity contribution >= 4 is 26.7 Å². The number of fused-ring (bicyclic) bond motifs is 1. The number of hydrogen-bond donors (Lipinski definition) is 0. The molecule has 0 radical (unpaired) electrons. The van der Waals surface area contributed by atoms with Gasteiger partial charge >= 0.3 is 6.36 Å². The van der Waals surface area contributed by atoms with Crippen molar-refractivity contribution in [1.82, 2.24) is 14.3 Å². The largest absolute Gasteiger partial charge is 0.573 e. The number of piperazine rings is 1. The summed E-state index contributed by atoms with van der Waals surface area (Å²) in [6.45, 7) is 0.718. The molecule has 1 aromatic heterocycles. The van der Waals surface area contributed by atoms with Crippen LogP contribution in [0.25, 0.3) is 10.9 Å². The molecule has 1 aliphatic heterocycles. The number of ether oxygens (including phenoxy) is 1. The first-order chi connectivity index (χ1) is 14.6. The minimum absolute atomic E-state index is 0.100. The molecule has 0 unspecified atom stereocenters. The van der Waals surface area contributed by atoms with E-state index in [1.54, 1.807) is 17.0 Å². The molecule has 31 heavy (non-hydrogen) atoms. The minimum atomic E-state index is -4.86. The van der Waals surface area contributed by atoms with Crippen LogP contribution in [0, 0.1) is 5.82 Å². The Labute approximate surface area is 174 Å². The smallest absolute Gasteiger partial charge is 0.406 e. The third kappa shape index (κ3) is 4.39. The summed E-state index contributed by atoms with van der Waals surface area (Å²) >= 11 is 0. The van der Waals surface area contributed by atoms with Crippen molar-refractivity contribution in [3.8, 4) is 5.75 Å². The molecule has 2 heterocycles. The summed E-state index contributed by atoms with van der Waals surface area (Å²) in [4.78, 5) is 9.87. The Hall–Kier alpha value is -2.99. The van der Waals surface area contributed by atoms with E-state index in [2.05, 4.69) is 14.7 Å². The van der Waals surface area contributed by atoms with Crippen LogP contribution in [0.2, 0.25) is 0 Å². The molecule has 12 heteroatoms. The maximum Gasteiger partial charge on any atom is 0.573 e. The summed E-state index contributed by atoms with van der Waals surface area (Å²) in [5, 5.41) is 0.265. The molecule has 164 valence electrons. The zero-order chi connectivity index (χ0) is 22.2. The van der Waals surface area contributed by atoms with Gasteiger partial charge in [0.05, 0.1) is 15.8 Å². The van der Waals surface area contributed by atoms with Crippen molar-refractivity contribution in [2.45, 2.75) is 11.3 Å². The number of halogens is 4. The molecule has 0 bridgehead atoms. The molecule has 2 aromatic carbocycles. The van der Waals surface area contributed by atoms with Gasteiger partial charge in [-0.3, -0.25) is 0 Å². The number of nitrogens with zero attached hydrogens (tertiary/aromatic N) is 4. The van der Waals surface area contributed by atoms with E-state index in [1.165, 1.54) is 16.7 Å². The Bertz CT molecular complexity index is 1190. The van der Waals surface area contributed by atoms with Crippen LogP contribution in [0.15, 0.2) is 53.7 Å². The second-order valence-corrected chi connectivity index (χ2v) is 8.68. The highest BCUT2D eigenvalue weighted by molar-refractivity contribution is 7.89. The van der Waals surface area contributed by atoms with Gasteiger partial charge in [0.1, 0.15) is 23.7 Å². The molecular weight excluding hydrogens is 440 g/mol. The number of rotatable bonds is 4. The number of sulfonamides is 1. The lowest BCUT2D eigenvalue weighted by atomic mass is 10.2. The zero-order valence-corrected chi connectivity index (χ0v) is 16.7. The number of benzene rings is 2. The Morgan fingerprint density at radius 1 is 0.935 bits per heavy atom. The summed E-state index contributed by atoms with van der Waals surface area (Å²) in [5.74, 6) is -0.591. The van der Waals surface area contributed by atoms with Gasteiger partial charge in [0.25, 0.3) is 0 Å². The van der Waals surface area contributed by atoms with Crippen LogP contribution in [-0.4, -0.2) is 55.2 Å². The fourth-order valence-electron chi connectivity index (χ4n) is 3.39. The topological polar surface area (TPSA) is 75.6 Å². The van der Waals surface area contributed by atoms with Gasteiger partial charge in [-0.1, -0.05) is 6.07 Å². The molecule has 0 saturated carbocycles. The normalized spacial score (nSPS) is 15.9. The maximum atomic E-state index is 14.3. The van der Waals surface area contributed by atoms with Crippen molar-refractivity contribution in [1.29, 1.82) is 0 Å². The first kappa shape index (κ1) is 21.2. The Balaban J connectivity index is 1.50. The Morgan fingerprint density at radius 3 is 2.26 bits per heavy atom. The highest BCUT2D eigenvalue weighted by Crippen LogP contribution is 2.28. The molecule has 0 atom stereocenters. The summed E-state index contributed by atoms with van der Waals surface area (Å²) in [6.07, 6.45) is -3.54. The molecule has 1 aliphatic rings. The average molecular weight is 456 g/mol. The molecule has 1 fully saturated rings. The summed E-state index contributed by atoms with van der Waals surface area (Å²) in [7, 11) is -3.92. The Morgan fingerprint density at radius 2 is 1.61 bits per heavy atom. The summed E-state index contributed by atoms with van der Waals surface area (Å²) in [5.41, 5.74) is 0.446. The molecule has 1 saturated heterocycles. The standard InChI is InChI=1S/C19H16F4N4O3S/c20-15-2-1-3-16-17(15)18(25-12-24-16)26-8-10-27(11-9-26)31(28,29)14-6-4-13(5-7-14)30-19(21,22)23/h1-7,12H,8-11H2. The fraction of sp³-hybridized carbons (Fsp3) is 0.263. The summed E-state index contributed by atoms with van der Waals surface area (Å²) < 4.78 is 81.9. The predicted molar refractivity (Wildman–Crippen MR) is 104 cm³/mol. The molecular formula is C19H16F4N4O3S. The van der Waals surface area contributed by atoms with Crippen LogP contribution in [-0.2, 0) is 10.0 Å². The van der Waals surface area contributed by atoms with Gasteiger partial charge in [-0.15, -0.1) is 13.2 Å². The predicted octanol–water partition coefficient (Wildman–Crippen LogP) is 3.18. The first-order valence-corrected chi connectivity index (χ1v) is 10.6. The molecule has 0 aliphatic carbocycles. The van der Waals surface area contributed by atoms with Crippen molar-refractivity contribution in [3.63, 3.8) is 0 Å². The monoisotopic (exact) mass is 456 g/mol. The maximum absolute atomic E-state index is 14.3. The average Bonchev–Trinajstić information content (AvgIpc) is 2.73. The van der Waals surface area contributed by atoms with E-state index in [0.29, 0.717) is 11.3 Å². The number of anilines is 1. The molecule has 3 aromatic rings. The second kappa shape index (κ2) is 7.93. The molecule has 0 amide bonds. The van der Waals surface area contributed by atoms with E-state index < -0.39 is 28.0 Å². The lowest BCUT2D eigenvalue weighted by Crippen LogP contribution is -2.49. The lowest BCUT2D eigenvalue weighted by Gasteiger charge is -2.35. The lowest BCUT2D eigenvalue weighted by molar-refractivity contribution is -0.274. The molecule has 4 rings (SSSR count). The number of aromatic nitrogens is 2.